The Bertz CT molecular complexity index is 343. The summed E-state index contributed by atoms with van der Waals surface area (Å²) in [4.78, 5) is 0. The topological polar surface area (TPSA) is 29.5 Å². The quantitative estimate of drug-likeness (QED) is 0.852. The average molecular weight is 235 g/mol. The molecule has 0 aliphatic carbocycles. The molecule has 4 heteroatoms. The number of benzene rings is 1. The SMILES string of the molecule is COc1cc(Cl)cc(C(C)(C)O)c1Cl. The van der Waals surface area contributed by atoms with Crippen molar-refractivity contribution in [1.82, 2.24) is 0 Å². The van der Waals surface area contributed by atoms with Gasteiger partial charge in [0.25, 0.3) is 0 Å². The highest BCUT2D eigenvalue weighted by Crippen LogP contribution is 2.37. The van der Waals surface area contributed by atoms with Gasteiger partial charge in [-0.3, -0.25) is 0 Å². The summed E-state index contributed by atoms with van der Waals surface area (Å²) in [5.74, 6) is 0.469. The summed E-state index contributed by atoms with van der Waals surface area (Å²) >= 11 is 11.9. The van der Waals surface area contributed by atoms with Gasteiger partial charge in [0.15, 0.2) is 0 Å². The molecule has 0 amide bonds. The van der Waals surface area contributed by atoms with Crippen LogP contribution in [0.15, 0.2) is 12.1 Å². The first-order valence-electron chi connectivity index (χ1n) is 4.12. The lowest BCUT2D eigenvalue weighted by atomic mass is 9.98. The van der Waals surface area contributed by atoms with E-state index in [4.69, 9.17) is 27.9 Å². The van der Waals surface area contributed by atoms with Gasteiger partial charge in [-0.05, 0) is 19.9 Å². The van der Waals surface area contributed by atoms with Crippen LogP contribution in [0, 0.1) is 0 Å². The van der Waals surface area contributed by atoms with Crippen molar-refractivity contribution in [2.24, 2.45) is 0 Å². The standard InChI is InChI=1S/C10H12Cl2O2/c1-10(2,13)7-4-6(11)5-8(14-3)9(7)12/h4-5,13H,1-3H3. The summed E-state index contributed by atoms with van der Waals surface area (Å²) in [5, 5.41) is 10.7. The van der Waals surface area contributed by atoms with Crippen LogP contribution in [0.2, 0.25) is 10.0 Å². The lowest BCUT2D eigenvalue weighted by Crippen LogP contribution is -2.16. The molecule has 1 aromatic carbocycles. The lowest BCUT2D eigenvalue weighted by Gasteiger charge is -2.20. The number of hydrogen-bond acceptors (Lipinski definition) is 2. The second kappa shape index (κ2) is 3.97. The Kier molecular flexibility index (Phi) is 3.30. The van der Waals surface area contributed by atoms with Crippen LogP contribution in [0.25, 0.3) is 0 Å². The number of methoxy groups -OCH3 is 1. The first-order chi connectivity index (χ1) is 6.36. The lowest BCUT2D eigenvalue weighted by molar-refractivity contribution is 0.0784. The van der Waals surface area contributed by atoms with Gasteiger partial charge in [0, 0.05) is 16.7 Å². The van der Waals surface area contributed by atoms with Gasteiger partial charge in [-0.1, -0.05) is 23.2 Å². The zero-order chi connectivity index (χ0) is 10.9. The van der Waals surface area contributed by atoms with Crippen molar-refractivity contribution in [3.05, 3.63) is 27.7 Å². The van der Waals surface area contributed by atoms with E-state index in [0.717, 1.165) is 0 Å². The smallest absolute Gasteiger partial charge is 0.139 e. The minimum absolute atomic E-state index is 0.393. The number of hydrogen-bond donors (Lipinski definition) is 1. The van der Waals surface area contributed by atoms with Gasteiger partial charge in [0.2, 0.25) is 0 Å². The Balaban J connectivity index is 3.37. The maximum atomic E-state index is 9.82. The summed E-state index contributed by atoms with van der Waals surface area (Å²) in [5.41, 5.74) is -0.474. The predicted molar refractivity (Wildman–Crippen MR) is 58.3 cm³/mol. The molecule has 0 spiro atoms. The first kappa shape index (κ1) is 11.6. The summed E-state index contributed by atoms with van der Waals surface area (Å²) in [6.07, 6.45) is 0. The first-order valence-corrected chi connectivity index (χ1v) is 4.87. The van der Waals surface area contributed by atoms with Crippen LogP contribution in [0.4, 0.5) is 0 Å². The van der Waals surface area contributed by atoms with Crippen LogP contribution in [0.1, 0.15) is 19.4 Å². The van der Waals surface area contributed by atoms with Crippen molar-refractivity contribution < 1.29 is 9.84 Å². The normalized spacial score (nSPS) is 11.6. The molecule has 78 valence electrons. The Morgan fingerprint density at radius 3 is 2.29 bits per heavy atom. The second-order valence-electron chi connectivity index (χ2n) is 3.53. The fraction of sp³-hybridized carbons (Fsp3) is 0.400. The number of halogens is 2. The van der Waals surface area contributed by atoms with Gasteiger partial charge in [-0.2, -0.15) is 0 Å². The molecule has 0 heterocycles. The van der Waals surface area contributed by atoms with Gasteiger partial charge in [-0.25, -0.2) is 0 Å². The molecule has 1 aromatic rings. The van der Waals surface area contributed by atoms with Crippen molar-refractivity contribution in [2.75, 3.05) is 7.11 Å². The van der Waals surface area contributed by atoms with Crippen molar-refractivity contribution in [3.63, 3.8) is 0 Å². The third-order valence-electron chi connectivity index (χ3n) is 1.88. The summed E-state index contributed by atoms with van der Waals surface area (Å²) in [6, 6.07) is 3.24. The van der Waals surface area contributed by atoms with Crippen LogP contribution in [0.5, 0.6) is 5.75 Å². The zero-order valence-corrected chi connectivity index (χ0v) is 9.78. The van der Waals surface area contributed by atoms with Crippen LogP contribution in [0.3, 0.4) is 0 Å². The fourth-order valence-electron chi connectivity index (χ4n) is 1.16. The third kappa shape index (κ3) is 2.32. The molecule has 0 aliphatic rings. The van der Waals surface area contributed by atoms with Crippen LogP contribution >= 0.6 is 23.2 Å². The van der Waals surface area contributed by atoms with E-state index in [2.05, 4.69) is 0 Å². The summed E-state index contributed by atoms with van der Waals surface area (Å²) < 4.78 is 5.03. The van der Waals surface area contributed by atoms with E-state index in [9.17, 15) is 5.11 Å². The molecule has 0 saturated heterocycles. The van der Waals surface area contributed by atoms with E-state index in [1.807, 2.05) is 0 Å². The predicted octanol–water partition coefficient (Wildman–Crippen LogP) is 3.23. The van der Waals surface area contributed by atoms with E-state index in [0.29, 0.717) is 21.4 Å². The molecular formula is C10H12Cl2O2. The molecule has 0 radical (unpaired) electrons. The highest BCUT2D eigenvalue weighted by Gasteiger charge is 2.22. The molecule has 1 N–H and O–H groups in total. The highest BCUT2D eigenvalue weighted by atomic mass is 35.5. The van der Waals surface area contributed by atoms with Gasteiger partial charge >= 0.3 is 0 Å². The molecule has 14 heavy (non-hydrogen) atoms. The number of aliphatic hydroxyl groups is 1. The molecule has 0 unspecified atom stereocenters. The zero-order valence-electron chi connectivity index (χ0n) is 8.27. The van der Waals surface area contributed by atoms with Crippen LogP contribution in [-0.4, -0.2) is 12.2 Å². The molecule has 2 nitrogen and oxygen atoms in total. The molecule has 0 aromatic heterocycles. The van der Waals surface area contributed by atoms with Gasteiger partial charge in [0.05, 0.1) is 17.7 Å². The molecule has 0 bridgehead atoms. The molecule has 0 saturated carbocycles. The number of ether oxygens (including phenoxy) is 1. The van der Waals surface area contributed by atoms with Gasteiger partial charge in [0.1, 0.15) is 5.75 Å². The Morgan fingerprint density at radius 1 is 1.29 bits per heavy atom. The van der Waals surface area contributed by atoms with Crippen molar-refractivity contribution in [2.45, 2.75) is 19.4 Å². The van der Waals surface area contributed by atoms with E-state index >= 15 is 0 Å². The molecule has 0 aliphatic heterocycles. The monoisotopic (exact) mass is 234 g/mol. The maximum absolute atomic E-state index is 9.82. The number of rotatable bonds is 2. The second-order valence-corrected chi connectivity index (χ2v) is 4.34. The van der Waals surface area contributed by atoms with Crippen molar-refractivity contribution >= 4 is 23.2 Å². The summed E-state index contributed by atoms with van der Waals surface area (Å²) in [7, 11) is 1.51. The van der Waals surface area contributed by atoms with E-state index in [-0.39, 0.29) is 0 Å². The Morgan fingerprint density at radius 2 is 1.86 bits per heavy atom. The van der Waals surface area contributed by atoms with E-state index < -0.39 is 5.60 Å². The van der Waals surface area contributed by atoms with E-state index in [1.54, 1.807) is 26.0 Å². The fourth-order valence-corrected chi connectivity index (χ4v) is 1.78. The van der Waals surface area contributed by atoms with Crippen LogP contribution < -0.4 is 4.74 Å². The van der Waals surface area contributed by atoms with E-state index in [1.165, 1.54) is 7.11 Å². The Labute approximate surface area is 93.4 Å². The minimum atomic E-state index is -1.03. The summed E-state index contributed by atoms with van der Waals surface area (Å²) in [6.45, 7) is 3.29. The molecule has 0 fully saturated rings. The maximum Gasteiger partial charge on any atom is 0.139 e. The average Bonchev–Trinajstić information content (AvgIpc) is 2.06. The molecule has 0 atom stereocenters. The molecular weight excluding hydrogens is 223 g/mol. The molecule has 1 rings (SSSR count). The van der Waals surface area contributed by atoms with Crippen molar-refractivity contribution in [3.8, 4) is 5.75 Å². The van der Waals surface area contributed by atoms with Crippen LogP contribution in [-0.2, 0) is 5.60 Å². The minimum Gasteiger partial charge on any atom is -0.495 e. The highest BCUT2D eigenvalue weighted by molar-refractivity contribution is 6.35. The van der Waals surface area contributed by atoms with Crippen molar-refractivity contribution in [1.29, 1.82) is 0 Å². The van der Waals surface area contributed by atoms with Gasteiger partial charge in [-0.15, -0.1) is 0 Å². The largest absolute Gasteiger partial charge is 0.495 e. The Hall–Kier alpha value is -0.440. The third-order valence-corrected chi connectivity index (χ3v) is 2.49. The van der Waals surface area contributed by atoms with Gasteiger partial charge < -0.3 is 9.84 Å².